The number of nitrogens with one attached hydrogen (secondary N) is 1. The lowest BCUT2D eigenvalue weighted by Crippen LogP contribution is -2.72. The van der Waals surface area contributed by atoms with Gasteiger partial charge in [0.15, 0.2) is 0 Å². The van der Waals surface area contributed by atoms with E-state index in [0.717, 1.165) is 44.9 Å². The summed E-state index contributed by atoms with van der Waals surface area (Å²) in [6, 6.07) is -0.167. The van der Waals surface area contributed by atoms with Crippen molar-refractivity contribution < 1.29 is 9.59 Å². The van der Waals surface area contributed by atoms with E-state index in [-0.39, 0.29) is 23.9 Å². The maximum atomic E-state index is 12.8. The van der Waals surface area contributed by atoms with Crippen LogP contribution < -0.4 is 5.32 Å². The van der Waals surface area contributed by atoms with Crippen LogP contribution >= 0.6 is 0 Å². The molecule has 0 aromatic carbocycles. The van der Waals surface area contributed by atoms with Crippen LogP contribution in [0.4, 0.5) is 0 Å². The summed E-state index contributed by atoms with van der Waals surface area (Å²) in [6.45, 7) is 6.23. The molecule has 1 saturated carbocycles. The van der Waals surface area contributed by atoms with Crippen molar-refractivity contribution in [3.05, 3.63) is 0 Å². The molecule has 2 atom stereocenters. The molecule has 0 aromatic heterocycles. The smallest absolute Gasteiger partial charge is 0.246 e. The van der Waals surface area contributed by atoms with E-state index in [1.165, 1.54) is 6.42 Å². The van der Waals surface area contributed by atoms with Gasteiger partial charge in [0.25, 0.3) is 0 Å². The lowest BCUT2D eigenvalue weighted by atomic mass is 9.76. The van der Waals surface area contributed by atoms with Crippen LogP contribution in [-0.4, -0.2) is 34.3 Å². The van der Waals surface area contributed by atoms with Crippen LogP contribution in [0.5, 0.6) is 0 Å². The fourth-order valence-electron chi connectivity index (χ4n) is 3.75. The molecule has 1 aliphatic carbocycles. The zero-order valence-corrected chi connectivity index (χ0v) is 13.1. The third-order valence-corrected chi connectivity index (χ3v) is 5.01. The Labute approximate surface area is 122 Å². The molecule has 0 bridgehead atoms. The van der Waals surface area contributed by atoms with Gasteiger partial charge in [-0.05, 0) is 32.6 Å². The normalized spacial score (nSPS) is 27.6. The minimum Gasteiger partial charge on any atom is -0.342 e. The molecule has 20 heavy (non-hydrogen) atoms. The number of hydrogen-bond acceptors (Lipinski definition) is 2. The monoisotopic (exact) mass is 280 g/mol. The van der Waals surface area contributed by atoms with Gasteiger partial charge in [-0.2, -0.15) is 0 Å². The maximum absolute atomic E-state index is 12.8. The third-order valence-electron chi connectivity index (χ3n) is 5.01. The number of carbonyl (C=O) groups excluding carboxylic acids is 2. The zero-order valence-electron chi connectivity index (χ0n) is 13.1. The maximum Gasteiger partial charge on any atom is 0.246 e. The van der Waals surface area contributed by atoms with Gasteiger partial charge in [0.1, 0.15) is 11.6 Å². The summed E-state index contributed by atoms with van der Waals surface area (Å²) in [7, 11) is 0. The van der Waals surface area contributed by atoms with Crippen LogP contribution in [0.1, 0.15) is 72.1 Å². The lowest BCUT2D eigenvalue weighted by Gasteiger charge is -2.52. The topological polar surface area (TPSA) is 49.4 Å². The molecule has 1 N–H and O–H groups in total. The van der Waals surface area contributed by atoms with Crippen molar-refractivity contribution in [1.82, 2.24) is 10.2 Å². The van der Waals surface area contributed by atoms with Crippen molar-refractivity contribution in [2.24, 2.45) is 0 Å². The molecule has 1 heterocycles. The molecule has 114 valence electrons. The van der Waals surface area contributed by atoms with Crippen LogP contribution in [0.15, 0.2) is 0 Å². The Bertz CT molecular complexity index is 375. The molecular weight excluding hydrogens is 252 g/mol. The molecule has 2 fully saturated rings. The van der Waals surface area contributed by atoms with Gasteiger partial charge in [0.05, 0.1) is 0 Å². The van der Waals surface area contributed by atoms with E-state index in [9.17, 15) is 9.59 Å². The summed E-state index contributed by atoms with van der Waals surface area (Å²) in [4.78, 5) is 27.5. The molecule has 2 unspecified atom stereocenters. The largest absolute Gasteiger partial charge is 0.342 e. The van der Waals surface area contributed by atoms with Gasteiger partial charge in [0.2, 0.25) is 11.8 Å². The molecule has 2 amide bonds. The molecule has 1 spiro atoms. The summed E-state index contributed by atoms with van der Waals surface area (Å²) < 4.78 is 0. The van der Waals surface area contributed by atoms with Crippen molar-refractivity contribution in [1.29, 1.82) is 0 Å². The van der Waals surface area contributed by atoms with Crippen molar-refractivity contribution in [3.63, 3.8) is 0 Å². The fraction of sp³-hybridized carbons (Fsp3) is 0.875. The van der Waals surface area contributed by atoms with E-state index in [0.29, 0.717) is 0 Å². The van der Waals surface area contributed by atoms with Crippen molar-refractivity contribution in [2.45, 2.75) is 89.8 Å². The number of rotatable bonds is 4. The molecule has 1 saturated heterocycles. The first-order valence-corrected chi connectivity index (χ1v) is 8.21. The van der Waals surface area contributed by atoms with E-state index >= 15 is 0 Å². The van der Waals surface area contributed by atoms with Gasteiger partial charge in [-0.15, -0.1) is 0 Å². The number of piperazine rings is 1. The predicted molar refractivity (Wildman–Crippen MR) is 79.3 cm³/mol. The first kappa shape index (κ1) is 15.3. The molecule has 2 aliphatic rings. The van der Waals surface area contributed by atoms with Crippen LogP contribution in [0.25, 0.3) is 0 Å². The van der Waals surface area contributed by atoms with E-state index in [1.54, 1.807) is 0 Å². The SMILES string of the molecule is CCCC1NC(=O)C2(CCCCC2)N(C(C)CC)C1=O. The highest BCUT2D eigenvalue weighted by Crippen LogP contribution is 2.38. The first-order valence-electron chi connectivity index (χ1n) is 8.21. The number of carbonyl (C=O) groups is 2. The van der Waals surface area contributed by atoms with Gasteiger partial charge in [-0.1, -0.05) is 39.5 Å². The van der Waals surface area contributed by atoms with Crippen LogP contribution in [0.2, 0.25) is 0 Å². The van der Waals surface area contributed by atoms with Gasteiger partial charge < -0.3 is 10.2 Å². The van der Waals surface area contributed by atoms with Gasteiger partial charge in [-0.3, -0.25) is 9.59 Å². The predicted octanol–water partition coefficient (Wildman–Crippen LogP) is 2.61. The first-order chi connectivity index (χ1) is 9.56. The molecule has 1 aliphatic heterocycles. The molecule has 0 radical (unpaired) electrons. The van der Waals surface area contributed by atoms with E-state index in [1.807, 2.05) is 4.90 Å². The average molecular weight is 280 g/mol. The highest BCUT2D eigenvalue weighted by molar-refractivity contribution is 6.00. The minimum absolute atomic E-state index is 0.0931. The van der Waals surface area contributed by atoms with Crippen molar-refractivity contribution in [3.8, 4) is 0 Å². The Morgan fingerprint density at radius 1 is 1.25 bits per heavy atom. The molecule has 4 heteroatoms. The Balaban J connectivity index is 2.34. The van der Waals surface area contributed by atoms with Crippen molar-refractivity contribution >= 4 is 11.8 Å². The summed E-state index contributed by atoms with van der Waals surface area (Å²) in [5, 5.41) is 3.01. The second-order valence-corrected chi connectivity index (χ2v) is 6.37. The van der Waals surface area contributed by atoms with E-state index in [2.05, 4.69) is 26.1 Å². The van der Waals surface area contributed by atoms with Crippen LogP contribution in [0.3, 0.4) is 0 Å². The quantitative estimate of drug-likeness (QED) is 0.860. The number of nitrogens with zero attached hydrogens (tertiary/aromatic N) is 1. The number of amides is 2. The van der Waals surface area contributed by atoms with Gasteiger partial charge >= 0.3 is 0 Å². The molecule has 0 aromatic rings. The van der Waals surface area contributed by atoms with Crippen LogP contribution in [-0.2, 0) is 9.59 Å². The third kappa shape index (κ3) is 2.45. The second kappa shape index (κ2) is 6.15. The summed E-state index contributed by atoms with van der Waals surface area (Å²) >= 11 is 0. The number of hydrogen-bond donors (Lipinski definition) is 1. The zero-order chi connectivity index (χ0) is 14.8. The summed E-state index contributed by atoms with van der Waals surface area (Å²) in [5.74, 6) is 0.234. The minimum atomic E-state index is -0.561. The fourth-order valence-corrected chi connectivity index (χ4v) is 3.75. The van der Waals surface area contributed by atoms with Gasteiger partial charge in [-0.25, -0.2) is 0 Å². The average Bonchev–Trinajstić information content (AvgIpc) is 2.46. The Morgan fingerprint density at radius 3 is 2.45 bits per heavy atom. The highest BCUT2D eigenvalue weighted by atomic mass is 16.2. The summed E-state index contributed by atoms with van der Waals surface area (Å²) in [6.07, 6.45) is 7.49. The lowest BCUT2D eigenvalue weighted by molar-refractivity contribution is -0.163. The van der Waals surface area contributed by atoms with E-state index in [4.69, 9.17) is 0 Å². The van der Waals surface area contributed by atoms with E-state index < -0.39 is 5.54 Å². The standard InChI is InChI=1S/C16H28N2O2/c1-4-9-13-14(19)18(12(3)5-2)16(15(20)17-13)10-7-6-8-11-16/h12-13H,4-11H2,1-3H3,(H,17,20). The van der Waals surface area contributed by atoms with Gasteiger partial charge in [0, 0.05) is 6.04 Å². The molecular formula is C16H28N2O2. The Morgan fingerprint density at radius 2 is 1.90 bits per heavy atom. The Kier molecular flexibility index (Phi) is 4.71. The van der Waals surface area contributed by atoms with Crippen LogP contribution in [0, 0.1) is 0 Å². The van der Waals surface area contributed by atoms with Crippen molar-refractivity contribution in [2.75, 3.05) is 0 Å². The molecule has 2 rings (SSSR count). The highest BCUT2D eigenvalue weighted by Gasteiger charge is 2.53. The Hall–Kier alpha value is -1.06. The molecule has 4 nitrogen and oxygen atoms in total. The summed E-state index contributed by atoms with van der Waals surface area (Å²) in [5.41, 5.74) is -0.561. The second-order valence-electron chi connectivity index (χ2n) is 6.37.